The summed E-state index contributed by atoms with van der Waals surface area (Å²) in [6.07, 6.45) is 22.8. The molecule has 0 aromatic carbocycles. The van der Waals surface area contributed by atoms with Crippen LogP contribution in [0.1, 0.15) is 169 Å². The predicted molar refractivity (Wildman–Crippen MR) is 160 cm³/mol. The molecule has 2 unspecified atom stereocenters. The summed E-state index contributed by atoms with van der Waals surface area (Å²) in [4.78, 5) is 26.5. The van der Waals surface area contributed by atoms with E-state index in [0.717, 1.165) is 76.3 Å². The lowest BCUT2D eigenvalue weighted by Crippen LogP contribution is -2.28. The van der Waals surface area contributed by atoms with E-state index in [1.54, 1.807) is 0 Å². The average molecular weight is 532 g/mol. The Hall–Kier alpha value is -1.52. The second-order valence-corrected chi connectivity index (χ2v) is 12.4. The summed E-state index contributed by atoms with van der Waals surface area (Å²) in [5.74, 6) is 0.798. The lowest BCUT2D eigenvalue weighted by molar-refractivity contribution is -0.129. The molecule has 0 aliphatic heterocycles. The van der Waals surface area contributed by atoms with Gasteiger partial charge in [-0.05, 0) is 32.1 Å². The Morgan fingerprint density at radius 3 is 1.63 bits per heavy atom. The van der Waals surface area contributed by atoms with Crippen LogP contribution in [-0.4, -0.2) is 26.6 Å². The topological polar surface area (TPSA) is 64.8 Å². The third kappa shape index (κ3) is 13.0. The Labute approximate surface area is 235 Å². The number of Topliss-reactive ketones (excluding diaryl/α,β-unsaturated/α-hetero) is 2. The van der Waals surface area contributed by atoms with Crippen LogP contribution in [0.15, 0.2) is 6.20 Å². The molecular formula is C33H61N3O2. The van der Waals surface area contributed by atoms with E-state index in [9.17, 15) is 9.59 Å². The van der Waals surface area contributed by atoms with Crippen molar-refractivity contribution in [2.45, 2.75) is 177 Å². The van der Waals surface area contributed by atoms with Gasteiger partial charge in [-0.1, -0.05) is 124 Å². The molecule has 0 saturated heterocycles. The molecule has 0 bridgehead atoms. The minimum Gasteiger partial charge on any atom is -0.299 e. The number of unbranched alkanes of at least 4 members (excludes halogenated alkanes) is 8. The van der Waals surface area contributed by atoms with Crippen LogP contribution in [-0.2, 0) is 22.6 Å². The van der Waals surface area contributed by atoms with E-state index in [2.05, 4.69) is 51.9 Å². The monoisotopic (exact) mass is 531 g/mol. The molecule has 0 spiro atoms. The van der Waals surface area contributed by atoms with Crippen LogP contribution in [0.5, 0.6) is 0 Å². The highest BCUT2D eigenvalue weighted by Crippen LogP contribution is 2.35. The molecule has 0 fully saturated rings. The van der Waals surface area contributed by atoms with Gasteiger partial charge in [0.15, 0.2) is 0 Å². The Bertz CT molecular complexity index is 774. The maximum absolute atomic E-state index is 13.2. The van der Waals surface area contributed by atoms with E-state index >= 15 is 0 Å². The molecule has 0 radical (unpaired) electrons. The summed E-state index contributed by atoms with van der Waals surface area (Å²) in [6.45, 7) is 14.0. The molecule has 0 N–H and O–H groups in total. The van der Waals surface area contributed by atoms with Gasteiger partial charge in [0.1, 0.15) is 11.6 Å². The second-order valence-electron chi connectivity index (χ2n) is 12.4. The van der Waals surface area contributed by atoms with Crippen LogP contribution >= 0.6 is 0 Å². The van der Waals surface area contributed by atoms with Crippen molar-refractivity contribution in [2.24, 2.45) is 10.8 Å². The fourth-order valence-corrected chi connectivity index (χ4v) is 5.63. The maximum Gasteiger partial charge on any atom is 0.139 e. The molecule has 0 aliphatic carbocycles. The molecule has 38 heavy (non-hydrogen) atoms. The van der Waals surface area contributed by atoms with Crippen molar-refractivity contribution in [3.05, 3.63) is 11.9 Å². The summed E-state index contributed by atoms with van der Waals surface area (Å²) in [6, 6.07) is 0. The molecule has 220 valence electrons. The Morgan fingerprint density at radius 1 is 0.658 bits per heavy atom. The maximum atomic E-state index is 13.2. The number of aromatic nitrogens is 3. The lowest BCUT2D eigenvalue weighted by atomic mass is 9.75. The van der Waals surface area contributed by atoms with E-state index in [1.807, 2.05) is 10.9 Å². The van der Waals surface area contributed by atoms with Crippen LogP contribution in [0.3, 0.4) is 0 Å². The van der Waals surface area contributed by atoms with Crippen LogP contribution in [0.4, 0.5) is 0 Å². The minimum atomic E-state index is -0.207. The zero-order valence-corrected chi connectivity index (χ0v) is 26.1. The van der Waals surface area contributed by atoms with Gasteiger partial charge in [-0.2, -0.15) is 0 Å². The third-order valence-electron chi connectivity index (χ3n) is 8.66. The molecule has 1 rings (SSSR count). The van der Waals surface area contributed by atoms with Crippen molar-refractivity contribution in [1.29, 1.82) is 0 Å². The molecule has 2 atom stereocenters. The van der Waals surface area contributed by atoms with E-state index in [-0.39, 0.29) is 10.8 Å². The molecule has 1 heterocycles. The van der Waals surface area contributed by atoms with E-state index in [4.69, 9.17) is 0 Å². The van der Waals surface area contributed by atoms with E-state index in [1.165, 1.54) is 38.5 Å². The predicted octanol–water partition coefficient (Wildman–Crippen LogP) is 9.46. The smallest absolute Gasteiger partial charge is 0.139 e. The van der Waals surface area contributed by atoms with Crippen molar-refractivity contribution < 1.29 is 9.59 Å². The second kappa shape index (κ2) is 19.5. The van der Waals surface area contributed by atoms with Crippen LogP contribution in [0, 0.1) is 10.8 Å². The number of hydrogen-bond donors (Lipinski definition) is 0. The fraction of sp³-hybridized carbons (Fsp3) is 0.879. The molecule has 5 heteroatoms. The summed E-state index contributed by atoms with van der Waals surface area (Å²) in [7, 11) is 0. The highest BCUT2D eigenvalue weighted by molar-refractivity contribution is 5.85. The molecule has 0 aliphatic rings. The van der Waals surface area contributed by atoms with Crippen LogP contribution in [0.25, 0.3) is 0 Å². The van der Waals surface area contributed by atoms with Gasteiger partial charge in [0.2, 0.25) is 0 Å². The van der Waals surface area contributed by atoms with E-state index in [0.29, 0.717) is 37.4 Å². The number of ketones is 2. The van der Waals surface area contributed by atoms with Gasteiger partial charge in [0.05, 0.1) is 5.69 Å². The molecule has 0 amide bonds. The van der Waals surface area contributed by atoms with Crippen molar-refractivity contribution in [3.8, 4) is 0 Å². The Kier molecular flexibility index (Phi) is 17.7. The minimum absolute atomic E-state index is 0.182. The molecule has 1 aromatic rings. The lowest BCUT2D eigenvalue weighted by Gasteiger charge is -2.28. The van der Waals surface area contributed by atoms with Gasteiger partial charge in [0.25, 0.3) is 0 Å². The first kappa shape index (κ1) is 34.5. The fourth-order valence-electron chi connectivity index (χ4n) is 5.63. The van der Waals surface area contributed by atoms with Gasteiger partial charge < -0.3 is 0 Å². The van der Waals surface area contributed by atoms with Gasteiger partial charge in [-0.25, -0.2) is 0 Å². The average Bonchev–Trinajstić information content (AvgIpc) is 3.37. The highest BCUT2D eigenvalue weighted by atomic mass is 16.1. The third-order valence-corrected chi connectivity index (χ3v) is 8.66. The summed E-state index contributed by atoms with van der Waals surface area (Å²) < 4.78 is 1.86. The summed E-state index contributed by atoms with van der Waals surface area (Å²) in [5.41, 5.74) is 0.497. The normalized spacial score (nSPS) is 14.8. The molecular weight excluding hydrogens is 470 g/mol. The van der Waals surface area contributed by atoms with Gasteiger partial charge in [0, 0.05) is 42.8 Å². The van der Waals surface area contributed by atoms with Gasteiger partial charge in [-0.15, -0.1) is 5.10 Å². The first-order chi connectivity index (χ1) is 18.2. The Balaban J connectivity index is 2.57. The summed E-state index contributed by atoms with van der Waals surface area (Å²) in [5, 5.41) is 8.64. The van der Waals surface area contributed by atoms with Crippen molar-refractivity contribution in [3.63, 3.8) is 0 Å². The number of carbonyl (C=O) groups is 2. The number of nitrogens with zero attached hydrogens (tertiary/aromatic N) is 3. The zero-order valence-electron chi connectivity index (χ0n) is 26.1. The van der Waals surface area contributed by atoms with Crippen LogP contribution < -0.4 is 0 Å². The first-order valence-corrected chi connectivity index (χ1v) is 16.2. The summed E-state index contributed by atoms with van der Waals surface area (Å²) >= 11 is 0. The van der Waals surface area contributed by atoms with E-state index < -0.39 is 0 Å². The van der Waals surface area contributed by atoms with Crippen molar-refractivity contribution in [1.82, 2.24) is 15.0 Å². The number of aryl methyl sites for hydroxylation is 2. The number of carbonyl (C=O) groups excluding carboxylic acids is 2. The SMILES string of the molecule is CCCCCCC(C)(CCCC)C(=O)CCCn1cc(CCC(=O)C(C)(CCCC)CCCCCC)nn1. The zero-order chi connectivity index (χ0) is 28.3. The first-order valence-electron chi connectivity index (χ1n) is 16.2. The molecule has 5 nitrogen and oxygen atoms in total. The van der Waals surface area contributed by atoms with Crippen LogP contribution in [0.2, 0.25) is 0 Å². The highest BCUT2D eigenvalue weighted by Gasteiger charge is 2.32. The van der Waals surface area contributed by atoms with Crippen molar-refractivity contribution >= 4 is 11.6 Å². The number of hydrogen-bond acceptors (Lipinski definition) is 4. The standard InChI is InChI=1S/C33H61N3O2/c1-7-11-15-17-25-32(5,23-13-9-3)30(37)20-19-27-36-28-29(34-35-36)21-22-31(38)33(6,24-14-10-4)26-18-16-12-8-2/h28H,7-27H2,1-6H3. The largest absolute Gasteiger partial charge is 0.299 e. The quantitative estimate of drug-likeness (QED) is 0.118. The van der Waals surface area contributed by atoms with Gasteiger partial charge in [-0.3, -0.25) is 14.3 Å². The molecule has 1 aromatic heterocycles. The van der Waals surface area contributed by atoms with Gasteiger partial charge >= 0.3 is 0 Å². The molecule has 0 saturated carbocycles. The number of rotatable bonds is 25. The van der Waals surface area contributed by atoms with Crippen molar-refractivity contribution in [2.75, 3.05) is 0 Å². The Morgan fingerprint density at radius 2 is 1.13 bits per heavy atom.